The van der Waals surface area contributed by atoms with Crippen molar-refractivity contribution in [3.05, 3.63) is 35.4 Å². The van der Waals surface area contributed by atoms with Gasteiger partial charge in [-0.2, -0.15) is 0 Å². The Bertz CT molecular complexity index is 571. The van der Waals surface area contributed by atoms with Crippen molar-refractivity contribution >= 4 is 5.91 Å². The fourth-order valence-corrected chi connectivity index (χ4v) is 3.63. The molecule has 2 aliphatic carbocycles. The average Bonchev–Trinajstić information content (AvgIpc) is 2.97. The summed E-state index contributed by atoms with van der Waals surface area (Å²) < 4.78 is 0. The van der Waals surface area contributed by atoms with E-state index < -0.39 is 0 Å². The van der Waals surface area contributed by atoms with Crippen molar-refractivity contribution in [2.24, 2.45) is 17.8 Å². The molecule has 1 aromatic carbocycles. The third-order valence-electron chi connectivity index (χ3n) is 4.75. The second-order valence-electron chi connectivity index (χ2n) is 6.14. The molecule has 3 rings (SSSR count). The summed E-state index contributed by atoms with van der Waals surface area (Å²) in [5, 5.41) is 8.67. The third kappa shape index (κ3) is 2.96. The molecule has 1 amide bonds. The zero-order valence-electron chi connectivity index (χ0n) is 12.4. The number of hydrogen-bond acceptors (Lipinski definition) is 2. The lowest BCUT2D eigenvalue weighted by atomic mass is 10.1. The molecule has 0 heterocycles. The third-order valence-corrected chi connectivity index (χ3v) is 4.75. The molecule has 1 N–H and O–H groups in total. The zero-order chi connectivity index (χ0) is 14.8. The molecule has 21 heavy (non-hydrogen) atoms. The molecule has 3 nitrogen and oxygen atoms in total. The van der Waals surface area contributed by atoms with Gasteiger partial charge in [0.1, 0.15) is 6.61 Å². The summed E-state index contributed by atoms with van der Waals surface area (Å²) in [5.41, 5.74) is 2.00. The maximum absolute atomic E-state index is 12.4. The minimum absolute atomic E-state index is 0.122. The standard InChI is InChI=1S/C18H21NO2/c1-19(18(21)17-15-5-2-6-16(15)17)12-14-9-7-13(8-10-14)4-3-11-20/h7-10,15-17,20H,2,5-6,11-12H2,1H3. The molecule has 2 fully saturated rings. The summed E-state index contributed by atoms with van der Waals surface area (Å²) in [6, 6.07) is 7.86. The van der Waals surface area contributed by atoms with E-state index in [1.807, 2.05) is 36.2 Å². The highest BCUT2D eigenvalue weighted by molar-refractivity contribution is 5.82. The monoisotopic (exact) mass is 283 g/mol. The van der Waals surface area contributed by atoms with Gasteiger partial charge in [0.2, 0.25) is 5.91 Å². The second-order valence-corrected chi connectivity index (χ2v) is 6.14. The van der Waals surface area contributed by atoms with Crippen molar-refractivity contribution in [2.75, 3.05) is 13.7 Å². The molecule has 0 radical (unpaired) electrons. The number of nitrogens with zero attached hydrogens (tertiary/aromatic N) is 1. The van der Waals surface area contributed by atoms with Crippen LogP contribution in [-0.2, 0) is 11.3 Å². The Morgan fingerprint density at radius 1 is 1.29 bits per heavy atom. The van der Waals surface area contributed by atoms with E-state index in [1.54, 1.807) is 0 Å². The zero-order valence-corrected chi connectivity index (χ0v) is 12.4. The summed E-state index contributed by atoms with van der Waals surface area (Å²) >= 11 is 0. The second kappa shape index (κ2) is 5.91. The molecule has 0 aliphatic heterocycles. The van der Waals surface area contributed by atoms with Crippen LogP contribution in [0, 0.1) is 29.6 Å². The number of benzene rings is 1. The molecule has 110 valence electrons. The van der Waals surface area contributed by atoms with Gasteiger partial charge in [-0.05, 0) is 42.4 Å². The molecule has 0 bridgehead atoms. The van der Waals surface area contributed by atoms with E-state index in [4.69, 9.17) is 5.11 Å². The van der Waals surface area contributed by atoms with Gasteiger partial charge in [0.05, 0.1) is 0 Å². The van der Waals surface area contributed by atoms with E-state index in [-0.39, 0.29) is 6.61 Å². The number of hydrogen-bond donors (Lipinski definition) is 1. The number of amides is 1. The van der Waals surface area contributed by atoms with Gasteiger partial charge in [0.15, 0.2) is 0 Å². The Balaban J connectivity index is 1.57. The van der Waals surface area contributed by atoms with Crippen LogP contribution < -0.4 is 0 Å². The van der Waals surface area contributed by atoms with Crippen LogP contribution in [0.1, 0.15) is 30.4 Å². The number of carbonyl (C=O) groups excluding carboxylic acids is 1. The molecule has 2 aliphatic rings. The van der Waals surface area contributed by atoms with Crippen LogP contribution in [0.15, 0.2) is 24.3 Å². The first-order chi connectivity index (χ1) is 10.2. The van der Waals surface area contributed by atoms with Crippen LogP contribution in [0.2, 0.25) is 0 Å². The lowest BCUT2D eigenvalue weighted by Crippen LogP contribution is -2.29. The van der Waals surface area contributed by atoms with Crippen LogP contribution >= 0.6 is 0 Å². The van der Waals surface area contributed by atoms with Crippen molar-refractivity contribution in [1.82, 2.24) is 4.90 Å². The van der Waals surface area contributed by atoms with Gasteiger partial charge >= 0.3 is 0 Å². The maximum atomic E-state index is 12.4. The first-order valence-electron chi connectivity index (χ1n) is 7.64. The highest BCUT2D eigenvalue weighted by Crippen LogP contribution is 2.58. The Hall–Kier alpha value is -1.79. The van der Waals surface area contributed by atoms with E-state index >= 15 is 0 Å². The molecule has 3 heteroatoms. The van der Waals surface area contributed by atoms with Crippen LogP contribution in [0.4, 0.5) is 0 Å². The van der Waals surface area contributed by atoms with Crippen LogP contribution in [0.5, 0.6) is 0 Å². The van der Waals surface area contributed by atoms with E-state index in [9.17, 15) is 4.79 Å². The van der Waals surface area contributed by atoms with Gasteiger partial charge in [-0.25, -0.2) is 0 Å². The predicted molar refractivity (Wildman–Crippen MR) is 81.2 cm³/mol. The fourth-order valence-electron chi connectivity index (χ4n) is 3.63. The topological polar surface area (TPSA) is 40.5 Å². The molecule has 0 aromatic heterocycles. The highest BCUT2D eigenvalue weighted by atomic mass is 16.2. The van der Waals surface area contributed by atoms with Gasteiger partial charge in [-0.3, -0.25) is 4.79 Å². The van der Waals surface area contributed by atoms with E-state index in [1.165, 1.54) is 19.3 Å². The van der Waals surface area contributed by atoms with Crippen molar-refractivity contribution < 1.29 is 9.90 Å². The molecular formula is C18H21NO2. The van der Waals surface area contributed by atoms with Crippen molar-refractivity contribution in [3.63, 3.8) is 0 Å². The van der Waals surface area contributed by atoms with E-state index in [0.29, 0.717) is 30.2 Å². The number of fused-ring (bicyclic) bond motifs is 1. The molecule has 1 aromatic rings. The summed E-state index contributed by atoms with van der Waals surface area (Å²) in [5.74, 6) is 7.47. The van der Waals surface area contributed by atoms with Gasteiger partial charge in [-0.1, -0.05) is 30.4 Å². The first-order valence-corrected chi connectivity index (χ1v) is 7.64. The first kappa shape index (κ1) is 14.2. The maximum Gasteiger partial charge on any atom is 0.226 e. The van der Waals surface area contributed by atoms with Crippen LogP contribution in [0.25, 0.3) is 0 Å². The largest absolute Gasteiger partial charge is 0.384 e. The quantitative estimate of drug-likeness (QED) is 0.862. The Labute approximate surface area is 126 Å². The molecular weight excluding hydrogens is 262 g/mol. The molecule has 2 atom stereocenters. The van der Waals surface area contributed by atoms with Crippen molar-refractivity contribution in [3.8, 4) is 11.8 Å². The van der Waals surface area contributed by atoms with Crippen LogP contribution in [0.3, 0.4) is 0 Å². The Kier molecular flexibility index (Phi) is 3.98. The Morgan fingerprint density at radius 2 is 1.95 bits per heavy atom. The molecule has 2 unspecified atom stereocenters. The lowest BCUT2D eigenvalue weighted by Gasteiger charge is -2.18. The van der Waals surface area contributed by atoms with Gasteiger partial charge in [0.25, 0.3) is 0 Å². The molecule has 0 saturated heterocycles. The Morgan fingerprint density at radius 3 is 2.57 bits per heavy atom. The molecule has 2 saturated carbocycles. The lowest BCUT2D eigenvalue weighted by molar-refractivity contribution is -0.132. The fraction of sp³-hybridized carbons (Fsp3) is 0.500. The van der Waals surface area contributed by atoms with Gasteiger partial charge < -0.3 is 10.0 Å². The number of carbonyl (C=O) groups is 1. The normalized spacial score (nSPS) is 25.7. The van der Waals surface area contributed by atoms with E-state index in [0.717, 1.165) is 11.1 Å². The van der Waals surface area contributed by atoms with Crippen LogP contribution in [-0.4, -0.2) is 29.6 Å². The van der Waals surface area contributed by atoms with Crippen molar-refractivity contribution in [1.29, 1.82) is 0 Å². The smallest absolute Gasteiger partial charge is 0.226 e. The number of rotatable bonds is 3. The molecule has 0 spiro atoms. The number of aliphatic hydroxyl groups excluding tert-OH is 1. The minimum atomic E-state index is -0.122. The van der Waals surface area contributed by atoms with Gasteiger partial charge in [-0.15, -0.1) is 0 Å². The summed E-state index contributed by atoms with van der Waals surface area (Å²) in [6.07, 6.45) is 3.79. The summed E-state index contributed by atoms with van der Waals surface area (Å²) in [7, 11) is 1.90. The van der Waals surface area contributed by atoms with Crippen molar-refractivity contribution in [2.45, 2.75) is 25.8 Å². The van der Waals surface area contributed by atoms with E-state index in [2.05, 4.69) is 11.8 Å². The number of aliphatic hydroxyl groups is 1. The van der Waals surface area contributed by atoms with Gasteiger partial charge in [0, 0.05) is 25.1 Å². The summed E-state index contributed by atoms with van der Waals surface area (Å²) in [6.45, 7) is 0.533. The highest BCUT2D eigenvalue weighted by Gasteiger charge is 2.57. The summed E-state index contributed by atoms with van der Waals surface area (Å²) in [4.78, 5) is 14.3. The SMILES string of the molecule is CN(Cc1ccc(C#CCO)cc1)C(=O)C1C2CCCC21. The predicted octanol–water partition coefficient (Wildman–Crippen LogP) is 2.03. The average molecular weight is 283 g/mol. The minimum Gasteiger partial charge on any atom is -0.384 e.